The Hall–Kier alpha value is -2.02. The lowest BCUT2D eigenvalue weighted by molar-refractivity contribution is -0.115. The molecule has 1 N–H and O–H groups in total. The summed E-state index contributed by atoms with van der Waals surface area (Å²) >= 11 is 13.2. The summed E-state index contributed by atoms with van der Waals surface area (Å²) in [4.78, 5) is 12.4. The summed E-state index contributed by atoms with van der Waals surface area (Å²) in [6.45, 7) is 3.75. The zero-order chi connectivity index (χ0) is 18.7. The fourth-order valence-electron chi connectivity index (χ4n) is 2.10. The highest BCUT2D eigenvalue weighted by Gasteiger charge is 2.19. The highest BCUT2D eigenvalue weighted by Crippen LogP contribution is 2.29. The van der Waals surface area contributed by atoms with E-state index in [-0.39, 0.29) is 5.91 Å². The van der Waals surface area contributed by atoms with E-state index in [2.05, 4.69) is 15.5 Å². The molecule has 0 aliphatic rings. The van der Waals surface area contributed by atoms with Crippen molar-refractivity contribution in [2.45, 2.75) is 24.3 Å². The number of carbonyl (C=O) groups excluding carboxylic acids is 1. The molecule has 3 rings (SSSR count). The number of rotatable bonds is 5. The van der Waals surface area contributed by atoms with Gasteiger partial charge in [-0.3, -0.25) is 4.79 Å². The molecule has 0 saturated heterocycles. The van der Waals surface area contributed by atoms with Gasteiger partial charge in [0.2, 0.25) is 11.8 Å². The van der Waals surface area contributed by atoms with Crippen LogP contribution in [0.25, 0.3) is 11.5 Å². The number of thioether (sulfide) groups is 1. The SMILES string of the molecule is Cc1ccc(-c2nnc(S[C@@H](C)C(=O)Nc3cc(Cl)ccc3Cl)o2)cc1. The third-order valence-electron chi connectivity index (χ3n) is 3.54. The number of nitrogens with zero attached hydrogens (tertiary/aromatic N) is 2. The van der Waals surface area contributed by atoms with Crippen LogP contribution in [0.2, 0.25) is 10.0 Å². The number of aromatic nitrogens is 2. The molecule has 0 bridgehead atoms. The maximum Gasteiger partial charge on any atom is 0.277 e. The zero-order valence-electron chi connectivity index (χ0n) is 14.0. The van der Waals surface area contributed by atoms with Gasteiger partial charge in [0.25, 0.3) is 5.22 Å². The molecule has 0 spiro atoms. The minimum absolute atomic E-state index is 0.241. The van der Waals surface area contributed by atoms with Crippen LogP contribution in [0.1, 0.15) is 12.5 Å². The van der Waals surface area contributed by atoms with Gasteiger partial charge >= 0.3 is 0 Å². The normalized spacial score (nSPS) is 12.0. The maximum atomic E-state index is 12.4. The number of carbonyl (C=O) groups is 1. The number of nitrogens with one attached hydrogen (secondary N) is 1. The summed E-state index contributed by atoms with van der Waals surface area (Å²) in [5.74, 6) is 0.173. The van der Waals surface area contributed by atoms with Gasteiger partial charge in [-0.25, -0.2) is 0 Å². The number of anilines is 1. The number of halogens is 2. The molecular weight excluding hydrogens is 393 g/mol. The standard InChI is InChI=1S/C18H15Cl2N3O2S/c1-10-3-5-12(6-4-10)17-22-23-18(25-17)26-11(2)16(24)21-15-9-13(19)7-8-14(15)20/h3-9,11H,1-2H3,(H,21,24)/t11-/m0/s1. The molecule has 134 valence electrons. The van der Waals surface area contributed by atoms with E-state index >= 15 is 0 Å². The third kappa shape index (κ3) is 4.58. The predicted octanol–water partition coefficient (Wildman–Crippen LogP) is 5.47. The minimum Gasteiger partial charge on any atom is -0.411 e. The van der Waals surface area contributed by atoms with Gasteiger partial charge in [-0.05, 0) is 44.2 Å². The van der Waals surface area contributed by atoms with Crippen LogP contribution < -0.4 is 5.32 Å². The fourth-order valence-corrected chi connectivity index (χ4v) is 3.12. The van der Waals surface area contributed by atoms with Gasteiger partial charge in [-0.1, -0.05) is 52.7 Å². The van der Waals surface area contributed by atoms with Gasteiger partial charge in [0.1, 0.15) is 0 Å². The molecule has 0 unspecified atom stereocenters. The topological polar surface area (TPSA) is 68.0 Å². The fraction of sp³-hybridized carbons (Fsp3) is 0.167. The molecule has 5 nitrogen and oxygen atoms in total. The van der Waals surface area contributed by atoms with Crippen LogP contribution in [0, 0.1) is 6.92 Å². The van der Waals surface area contributed by atoms with Crippen LogP contribution in [0.3, 0.4) is 0 Å². The monoisotopic (exact) mass is 407 g/mol. The summed E-state index contributed by atoms with van der Waals surface area (Å²) < 4.78 is 5.64. The van der Waals surface area contributed by atoms with Gasteiger partial charge < -0.3 is 9.73 Å². The van der Waals surface area contributed by atoms with Gasteiger partial charge in [0.05, 0.1) is 16.0 Å². The van der Waals surface area contributed by atoms with Crippen molar-refractivity contribution >= 4 is 46.6 Å². The minimum atomic E-state index is -0.462. The summed E-state index contributed by atoms with van der Waals surface area (Å²) in [6.07, 6.45) is 0. The van der Waals surface area contributed by atoms with Gasteiger partial charge in [0.15, 0.2) is 0 Å². The summed E-state index contributed by atoms with van der Waals surface area (Å²) in [5.41, 5.74) is 2.44. The quantitative estimate of drug-likeness (QED) is 0.567. The summed E-state index contributed by atoms with van der Waals surface area (Å²) in [7, 11) is 0. The molecule has 0 aliphatic heterocycles. The van der Waals surface area contributed by atoms with E-state index in [1.165, 1.54) is 11.8 Å². The van der Waals surface area contributed by atoms with Crippen molar-refractivity contribution in [2.24, 2.45) is 0 Å². The third-order valence-corrected chi connectivity index (χ3v) is 5.04. The number of aryl methyl sites for hydroxylation is 1. The van der Waals surface area contributed by atoms with Crippen LogP contribution >= 0.6 is 35.0 Å². The highest BCUT2D eigenvalue weighted by atomic mass is 35.5. The predicted molar refractivity (Wildman–Crippen MR) is 105 cm³/mol. The van der Waals surface area contributed by atoms with Gasteiger partial charge in [-0.15, -0.1) is 10.2 Å². The van der Waals surface area contributed by atoms with Crippen molar-refractivity contribution < 1.29 is 9.21 Å². The first-order chi connectivity index (χ1) is 12.4. The number of hydrogen-bond acceptors (Lipinski definition) is 5. The Morgan fingerprint density at radius 2 is 1.88 bits per heavy atom. The maximum absolute atomic E-state index is 12.4. The second kappa shape index (κ2) is 8.12. The lowest BCUT2D eigenvalue weighted by Gasteiger charge is -2.11. The van der Waals surface area contributed by atoms with Crippen molar-refractivity contribution in [1.29, 1.82) is 0 Å². The summed E-state index contributed by atoms with van der Waals surface area (Å²) in [6, 6.07) is 12.6. The average Bonchev–Trinajstić information content (AvgIpc) is 3.07. The second-order valence-corrected chi connectivity index (χ2v) is 7.75. The Labute approximate surface area is 165 Å². The van der Waals surface area contributed by atoms with Crippen LogP contribution in [-0.2, 0) is 4.79 Å². The van der Waals surface area contributed by atoms with Crippen LogP contribution in [0.4, 0.5) is 5.69 Å². The van der Waals surface area contributed by atoms with E-state index < -0.39 is 5.25 Å². The number of benzene rings is 2. The van der Waals surface area contributed by atoms with Crippen molar-refractivity contribution in [3.63, 3.8) is 0 Å². The van der Waals surface area contributed by atoms with Crippen LogP contribution in [0.15, 0.2) is 52.1 Å². The number of amides is 1. The molecule has 0 radical (unpaired) electrons. The first-order valence-electron chi connectivity index (χ1n) is 7.75. The molecule has 0 aliphatic carbocycles. The van der Waals surface area contributed by atoms with Crippen molar-refractivity contribution in [3.05, 3.63) is 58.1 Å². The number of hydrogen-bond donors (Lipinski definition) is 1. The molecule has 1 amide bonds. The van der Waals surface area contributed by atoms with Crippen molar-refractivity contribution in [3.8, 4) is 11.5 Å². The van der Waals surface area contributed by atoms with E-state index in [0.717, 1.165) is 11.1 Å². The zero-order valence-corrected chi connectivity index (χ0v) is 16.3. The van der Waals surface area contributed by atoms with E-state index in [0.29, 0.717) is 26.8 Å². The molecule has 3 aromatic rings. The molecule has 1 heterocycles. The van der Waals surface area contributed by atoms with E-state index in [1.807, 2.05) is 31.2 Å². The van der Waals surface area contributed by atoms with Crippen molar-refractivity contribution in [1.82, 2.24) is 10.2 Å². The Morgan fingerprint density at radius 1 is 1.15 bits per heavy atom. The smallest absolute Gasteiger partial charge is 0.277 e. The molecule has 26 heavy (non-hydrogen) atoms. The van der Waals surface area contributed by atoms with Crippen molar-refractivity contribution in [2.75, 3.05) is 5.32 Å². The molecule has 2 aromatic carbocycles. The highest BCUT2D eigenvalue weighted by molar-refractivity contribution is 8.00. The van der Waals surface area contributed by atoms with Crippen LogP contribution in [-0.4, -0.2) is 21.4 Å². The Morgan fingerprint density at radius 3 is 2.62 bits per heavy atom. The first kappa shape index (κ1) is 18.8. The Bertz CT molecular complexity index is 928. The van der Waals surface area contributed by atoms with E-state index in [9.17, 15) is 4.79 Å². The van der Waals surface area contributed by atoms with Gasteiger partial charge in [-0.2, -0.15) is 0 Å². The molecule has 1 aromatic heterocycles. The van der Waals surface area contributed by atoms with Crippen LogP contribution in [0.5, 0.6) is 0 Å². The molecular formula is C18H15Cl2N3O2S. The largest absolute Gasteiger partial charge is 0.411 e. The molecule has 0 fully saturated rings. The van der Waals surface area contributed by atoms with Gasteiger partial charge in [0, 0.05) is 10.6 Å². The molecule has 0 saturated carbocycles. The molecule has 8 heteroatoms. The Kier molecular flexibility index (Phi) is 5.86. The second-order valence-electron chi connectivity index (χ2n) is 5.61. The average molecular weight is 408 g/mol. The first-order valence-corrected chi connectivity index (χ1v) is 9.39. The Balaban J connectivity index is 1.66. The lowest BCUT2D eigenvalue weighted by Crippen LogP contribution is -2.22. The molecule has 1 atom stereocenters. The summed E-state index contributed by atoms with van der Waals surface area (Å²) in [5, 5.41) is 11.5. The lowest BCUT2D eigenvalue weighted by atomic mass is 10.1. The van der Waals surface area contributed by atoms with E-state index in [1.54, 1.807) is 25.1 Å². The van der Waals surface area contributed by atoms with E-state index in [4.69, 9.17) is 27.6 Å².